The lowest BCUT2D eigenvalue weighted by molar-refractivity contribution is -0.139. The van der Waals surface area contributed by atoms with Gasteiger partial charge in [-0.3, -0.25) is 13.9 Å². The normalized spacial score (nSPS) is 11.9. The van der Waals surface area contributed by atoms with E-state index < -0.39 is 28.5 Å². The lowest BCUT2D eigenvalue weighted by Crippen LogP contribution is -2.51. The van der Waals surface area contributed by atoms with E-state index in [1.54, 1.807) is 56.5 Å². The quantitative estimate of drug-likeness (QED) is 0.235. The first-order chi connectivity index (χ1) is 20.0. The predicted molar refractivity (Wildman–Crippen MR) is 167 cm³/mol. The average molecular weight is 661 g/mol. The number of hydrogen-bond donors (Lipinski definition) is 1. The molecule has 0 spiro atoms. The Balaban J connectivity index is 2.02. The smallest absolute Gasteiger partial charge is 0.264 e. The molecule has 0 aliphatic carbocycles. The molecule has 2 amide bonds. The number of amides is 2. The number of carbonyl (C=O) groups excluding carboxylic acids is 2. The molecular weight excluding hydrogens is 622 g/mol. The van der Waals surface area contributed by atoms with Crippen LogP contribution in [-0.2, 0) is 26.2 Å². The van der Waals surface area contributed by atoms with E-state index >= 15 is 0 Å². The molecule has 3 aromatic rings. The lowest BCUT2D eigenvalue weighted by atomic mass is 10.1. The summed E-state index contributed by atoms with van der Waals surface area (Å²) in [4.78, 5) is 28.5. The van der Waals surface area contributed by atoms with Crippen molar-refractivity contribution in [3.63, 3.8) is 0 Å². The Hall–Kier alpha value is -3.57. The molecule has 3 aromatic carbocycles. The minimum Gasteiger partial charge on any atom is -0.497 e. The number of aryl methyl sites for hydroxylation is 1. The van der Waals surface area contributed by atoms with Gasteiger partial charge in [-0.15, -0.1) is 0 Å². The zero-order chi connectivity index (χ0) is 30.9. The van der Waals surface area contributed by atoms with Crippen LogP contribution in [-0.4, -0.2) is 58.5 Å². The molecule has 0 heterocycles. The summed E-state index contributed by atoms with van der Waals surface area (Å²) in [6.45, 7) is 5.63. The number of nitrogens with one attached hydrogen (secondary N) is 1. The molecule has 0 bridgehead atoms. The predicted octanol–water partition coefficient (Wildman–Crippen LogP) is 5.30. The number of hydrogen-bond acceptors (Lipinski definition) is 6. The van der Waals surface area contributed by atoms with Crippen LogP contribution in [0, 0.1) is 6.92 Å². The van der Waals surface area contributed by atoms with E-state index in [0.29, 0.717) is 28.2 Å². The SMILES string of the molecule is CCCCNC(=O)[C@@H](C)N(Cc1ccc(OC)cc1)C(=O)CN(c1ccc(C)cc1)S(=O)(=O)c1ccc(OC)c(Br)c1. The van der Waals surface area contributed by atoms with Crippen molar-refractivity contribution in [2.45, 2.75) is 51.1 Å². The van der Waals surface area contributed by atoms with Gasteiger partial charge in [-0.05, 0) is 84.2 Å². The van der Waals surface area contributed by atoms with Gasteiger partial charge in [0.1, 0.15) is 24.1 Å². The number of ether oxygens (including phenoxy) is 2. The summed E-state index contributed by atoms with van der Waals surface area (Å²) >= 11 is 3.36. The second kappa shape index (κ2) is 15.1. The number of unbranched alkanes of at least 4 members (excludes halogenated alkanes) is 1. The van der Waals surface area contributed by atoms with Gasteiger partial charge in [0, 0.05) is 13.1 Å². The van der Waals surface area contributed by atoms with Gasteiger partial charge < -0.3 is 19.7 Å². The fraction of sp³-hybridized carbons (Fsp3) is 0.355. The third kappa shape index (κ3) is 8.25. The molecule has 0 aliphatic rings. The topological polar surface area (TPSA) is 105 Å². The molecule has 226 valence electrons. The van der Waals surface area contributed by atoms with Gasteiger partial charge in [-0.1, -0.05) is 43.2 Å². The van der Waals surface area contributed by atoms with E-state index in [-0.39, 0.29) is 17.3 Å². The third-order valence-electron chi connectivity index (χ3n) is 6.82. The molecule has 0 fully saturated rings. The fourth-order valence-corrected chi connectivity index (χ4v) is 6.35. The van der Waals surface area contributed by atoms with Crippen LogP contribution in [0.1, 0.15) is 37.8 Å². The summed E-state index contributed by atoms with van der Waals surface area (Å²) < 4.78 is 40.1. The molecule has 1 N–H and O–H groups in total. The Kier molecular flexibility index (Phi) is 11.8. The van der Waals surface area contributed by atoms with E-state index in [0.717, 1.165) is 28.3 Å². The van der Waals surface area contributed by atoms with Gasteiger partial charge in [0.05, 0.1) is 29.3 Å². The summed E-state index contributed by atoms with van der Waals surface area (Å²) in [6.07, 6.45) is 1.72. The van der Waals surface area contributed by atoms with Crippen LogP contribution in [0.15, 0.2) is 76.1 Å². The molecule has 0 saturated carbocycles. The highest BCUT2D eigenvalue weighted by atomic mass is 79.9. The highest BCUT2D eigenvalue weighted by molar-refractivity contribution is 9.10. The van der Waals surface area contributed by atoms with Crippen molar-refractivity contribution in [3.8, 4) is 11.5 Å². The van der Waals surface area contributed by atoms with E-state index in [1.807, 2.05) is 26.0 Å². The van der Waals surface area contributed by atoms with E-state index in [1.165, 1.54) is 24.1 Å². The number of benzene rings is 3. The molecule has 1 atom stereocenters. The molecule has 42 heavy (non-hydrogen) atoms. The van der Waals surface area contributed by atoms with Gasteiger partial charge in [0.25, 0.3) is 10.0 Å². The van der Waals surface area contributed by atoms with Crippen LogP contribution >= 0.6 is 15.9 Å². The Morgan fingerprint density at radius 2 is 1.64 bits per heavy atom. The molecular formula is C31H38BrN3O6S. The van der Waals surface area contributed by atoms with Crippen molar-refractivity contribution in [1.82, 2.24) is 10.2 Å². The van der Waals surface area contributed by atoms with Crippen molar-refractivity contribution in [3.05, 3.63) is 82.3 Å². The number of nitrogens with zero attached hydrogens (tertiary/aromatic N) is 2. The first kappa shape index (κ1) is 32.9. The van der Waals surface area contributed by atoms with Crippen molar-refractivity contribution in [2.75, 3.05) is 31.6 Å². The Labute approximate surface area is 257 Å². The van der Waals surface area contributed by atoms with Crippen LogP contribution in [0.25, 0.3) is 0 Å². The van der Waals surface area contributed by atoms with Gasteiger partial charge in [-0.25, -0.2) is 8.42 Å². The number of rotatable bonds is 14. The molecule has 0 aromatic heterocycles. The van der Waals surface area contributed by atoms with Crippen molar-refractivity contribution in [1.29, 1.82) is 0 Å². The monoisotopic (exact) mass is 659 g/mol. The standard InChI is InChI=1S/C31H38BrN3O6S/c1-6-7-18-33-31(37)23(3)34(20-24-10-14-26(40-4)15-11-24)30(36)21-35(25-12-8-22(2)9-13-25)42(38,39)27-16-17-29(41-5)28(32)19-27/h8-17,19,23H,6-7,18,20-21H2,1-5H3,(H,33,37)/t23-/m1/s1. The summed E-state index contributed by atoms with van der Waals surface area (Å²) in [5.41, 5.74) is 2.03. The van der Waals surface area contributed by atoms with Crippen LogP contribution < -0.4 is 19.1 Å². The maximum atomic E-state index is 14.0. The molecule has 0 aliphatic heterocycles. The zero-order valence-corrected chi connectivity index (χ0v) is 27.0. The van der Waals surface area contributed by atoms with Crippen LogP contribution in [0.5, 0.6) is 11.5 Å². The fourth-order valence-electron chi connectivity index (χ4n) is 4.22. The number of methoxy groups -OCH3 is 2. The van der Waals surface area contributed by atoms with E-state index in [2.05, 4.69) is 21.2 Å². The molecule has 11 heteroatoms. The maximum absolute atomic E-state index is 14.0. The molecule has 0 unspecified atom stereocenters. The summed E-state index contributed by atoms with van der Waals surface area (Å²) in [5, 5.41) is 2.89. The minimum absolute atomic E-state index is 0.0180. The summed E-state index contributed by atoms with van der Waals surface area (Å²) in [7, 11) is -1.15. The summed E-state index contributed by atoms with van der Waals surface area (Å²) in [6, 6.07) is 17.6. The molecule has 3 rings (SSSR count). The first-order valence-electron chi connectivity index (χ1n) is 13.6. The highest BCUT2D eigenvalue weighted by Gasteiger charge is 2.32. The van der Waals surface area contributed by atoms with Crippen LogP contribution in [0.2, 0.25) is 0 Å². The Morgan fingerprint density at radius 1 is 0.976 bits per heavy atom. The number of sulfonamides is 1. The second-order valence-corrected chi connectivity index (χ2v) is 12.6. The van der Waals surface area contributed by atoms with E-state index in [4.69, 9.17) is 9.47 Å². The maximum Gasteiger partial charge on any atom is 0.264 e. The largest absolute Gasteiger partial charge is 0.497 e. The highest BCUT2D eigenvalue weighted by Crippen LogP contribution is 2.31. The number of anilines is 1. The van der Waals surface area contributed by atoms with E-state index in [9.17, 15) is 18.0 Å². The Bertz CT molecular complexity index is 1460. The van der Waals surface area contributed by atoms with Crippen molar-refractivity contribution in [2.24, 2.45) is 0 Å². The van der Waals surface area contributed by atoms with Gasteiger partial charge >= 0.3 is 0 Å². The second-order valence-electron chi connectivity index (χ2n) is 9.83. The van der Waals surface area contributed by atoms with Crippen molar-refractivity contribution < 1.29 is 27.5 Å². The third-order valence-corrected chi connectivity index (χ3v) is 9.21. The van der Waals surface area contributed by atoms with Crippen molar-refractivity contribution >= 4 is 43.5 Å². The van der Waals surface area contributed by atoms with Crippen LogP contribution in [0.4, 0.5) is 5.69 Å². The molecule has 0 saturated heterocycles. The lowest BCUT2D eigenvalue weighted by Gasteiger charge is -2.32. The summed E-state index contributed by atoms with van der Waals surface area (Å²) in [5.74, 6) is 0.291. The number of halogens is 1. The van der Waals surface area contributed by atoms with Gasteiger partial charge in [0.15, 0.2) is 0 Å². The average Bonchev–Trinajstić information content (AvgIpc) is 2.99. The van der Waals surface area contributed by atoms with Crippen LogP contribution in [0.3, 0.4) is 0 Å². The number of carbonyl (C=O) groups is 2. The zero-order valence-electron chi connectivity index (χ0n) is 24.6. The van der Waals surface area contributed by atoms with Gasteiger partial charge in [-0.2, -0.15) is 0 Å². The minimum atomic E-state index is -4.21. The molecule has 9 nitrogen and oxygen atoms in total. The first-order valence-corrected chi connectivity index (χ1v) is 15.9. The Morgan fingerprint density at radius 3 is 2.21 bits per heavy atom. The van der Waals surface area contributed by atoms with Gasteiger partial charge in [0.2, 0.25) is 11.8 Å². The molecule has 0 radical (unpaired) electrons.